The van der Waals surface area contributed by atoms with Gasteiger partial charge in [-0.05, 0) is 12.1 Å². The Hall–Kier alpha value is -2.48. The van der Waals surface area contributed by atoms with Crippen LogP contribution in [-0.4, -0.2) is 29.1 Å². The molecule has 0 aromatic heterocycles. The summed E-state index contributed by atoms with van der Waals surface area (Å²) in [5.41, 5.74) is 5.24. The third-order valence-corrected chi connectivity index (χ3v) is 2.44. The molecule has 0 saturated heterocycles. The summed E-state index contributed by atoms with van der Waals surface area (Å²) in [5.74, 6) is -1.89. The Morgan fingerprint density at radius 1 is 1.53 bits per heavy atom. The van der Waals surface area contributed by atoms with Crippen molar-refractivity contribution in [1.82, 2.24) is 0 Å². The monoisotopic (exact) mass is 268 g/mol. The summed E-state index contributed by atoms with van der Waals surface area (Å²) < 4.78 is 4.45. The third kappa shape index (κ3) is 3.49. The fourth-order valence-corrected chi connectivity index (χ4v) is 1.56. The van der Waals surface area contributed by atoms with E-state index < -0.39 is 35.0 Å². The van der Waals surface area contributed by atoms with Crippen molar-refractivity contribution < 1.29 is 24.4 Å². The summed E-state index contributed by atoms with van der Waals surface area (Å²) in [4.78, 5) is 32.0. The summed E-state index contributed by atoms with van der Waals surface area (Å²) in [7, 11) is 1.15. The molecule has 1 rings (SSSR count). The zero-order chi connectivity index (χ0) is 14.6. The number of carbonyl (C=O) groups excluding carboxylic acids is 1. The molecule has 0 aliphatic rings. The highest BCUT2D eigenvalue weighted by molar-refractivity contribution is 5.90. The van der Waals surface area contributed by atoms with Gasteiger partial charge in [0.2, 0.25) is 0 Å². The first-order valence-electron chi connectivity index (χ1n) is 5.20. The molecule has 0 bridgehead atoms. The lowest BCUT2D eigenvalue weighted by Gasteiger charge is -2.10. The summed E-state index contributed by atoms with van der Waals surface area (Å²) in [6.45, 7) is 0. The van der Waals surface area contributed by atoms with Gasteiger partial charge in [-0.15, -0.1) is 0 Å². The number of methoxy groups -OCH3 is 1. The fraction of sp³-hybridized carbons (Fsp3) is 0.273. The van der Waals surface area contributed by atoms with Gasteiger partial charge in [0.05, 0.1) is 24.0 Å². The van der Waals surface area contributed by atoms with Crippen molar-refractivity contribution in [2.75, 3.05) is 7.11 Å². The number of nitro groups is 1. The van der Waals surface area contributed by atoms with Crippen LogP contribution in [0.1, 0.15) is 28.4 Å². The quantitative estimate of drug-likeness (QED) is 0.459. The lowest BCUT2D eigenvalue weighted by Crippen LogP contribution is -2.17. The smallest absolute Gasteiger partial charge is 0.338 e. The van der Waals surface area contributed by atoms with Gasteiger partial charge in [0.25, 0.3) is 5.69 Å². The minimum atomic E-state index is -1.17. The van der Waals surface area contributed by atoms with Gasteiger partial charge < -0.3 is 15.6 Å². The molecular weight excluding hydrogens is 256 g/mol. The number of ether oxygens (including phenoxy) is 1. The Morgan fingerprint density at radius 3 is 2.63 bits per heavy atom. The standard InChI is InChI=1S/C11H12N2O6/c1-19-11(16)6-2-3-7(8(12)5-10(14)15)9(4-6)13(17)18/h2-4,8H,5,12H2,1H3,(H,14,15). The highest BCUT2D eigenvalue weighted by Crippen LogP contribution is 2.27. The van der Waals surface area contributed by atoms with Gasteiger partial charge in [-0.3, -0.25) is 14.9 Å². The predicted octanol–water partition coefficient (Wildman–Crippen LogP) is 0.856. The van der Waals surface area contributed by atoms with E-state index in [1.54, 1.807) is 0 Å². The predicted molar refractivity (Wildman–Crippen MR) is 63.6 cm³/mol. The van der Waals surface area contributed by atoms with Gasteiger partial charge in [-0.25, -0.2) is 4.79 Å². The normalized spacial score (nSPS) is 11.7. The van der Waals surface area contributed by atoms with Crippen molar-refractivity contribution in [1.29, 1.82) is 0 Å². The molecule has 0 aliphatic carbocycles. The van der Waals surface area contributed by atoms with Crippen LogP contribution in [0.3, 0.4) is 0 Å². The molecule has 3 N–H and O–H groups in total. The highest BCUT2D eigenvalue weighted by atomic mass is 16.6. The van der Waals surface area contributed by atoms with Crippen LogP contribution in [0.5, 0.6) is 0 Å². The number of nitro benzene ring substituents is 1. The molecule has 8 nitrogen and oxygen atoms in total. The van der Waals surface area contributed by atoms with Gasteiger partial charge in [-0.1, -0.05) is 0 Å². The number of nitrogens with two attached hydrogens (primary N) is 1. The van der Waals surface area contributed by atoms with Gasteiger partial charge in [0.15, 0.2) is 0 Å². The van der Waals surface area contributed by atoms with Crippen LogP contribution in [0.4, 0.5) is 5.69 Å². The van der Waals surface area contributed by atoms with E-state index in [2.05, 4.69) is 4.74 Å². The molecule has 0 fully saturated rings. The zero-order valence-corrected chi connectivity index (χ0v) is 10.0. The van der Waals surface area contributed by atoms with Crippen LogP contribution in [-0.2, 0) is 9.53 Å². The Bertz CT molecular complexity index is 528. The minimum Gasteiger partial charge on any atom is -0.481 e. The van der Waals surface area contributed by atoms with Crippen molar-refractivity contribution in [2.45, 2.75) is 12.5 Å². The molecule has 19 heavy (non-hydrogen) atoms. The maximum atomic E-state index is 11.3. The molecule has 102 valence electrons. The van der Waals surface area contributed by atoms with Crippen molar-refractivity contribution in [2.24, 2.45) is 5.73 Å². The van der Waals surface area contributed by atoms with Gasteiger partial charge in [0, 0.05) is 17.7 Å². The molecule has 0 spiro atoms. The first-order valence-corrected chi connectivity index (χ1v) is 5.20. The Morgan fingerprint density at radius 2 is 2.16 bits per heavy atom. The van der Waals surface area contributed by atoms with Crippen molar-refractivity contribution in [3.8, 4) is 0 Å². The SMILES string of the molecule is COC(=O)c1ccc(C(N)CC(=O)O)c([N+](=O)[O-])c1. The first-order chi connectivity index (χ1) is 8.86. The summed E-state index contributed by atoms with van der Waals surface area (Å²) in [5, 5.41) is 19.6. The summed E-state index contributed by atoms with van der Waals surface area (Å²) in [6, 6.07) is 2.56. The topological polar surface area (TPSA) is 133 Å². The number of aliphatic carboxylic acids is 1. The molecular formula is C11H12N2O6. The maximum absolute atomic E-state index is 11.3. The van der Waals surface area contributed by atoms with Crippen molar-refractivity contribution in [3.63, 3.8) is 0 Å². The summed E-state index contributed by atoms with van der Waals surface area (Å²) >= 11 is 0. The average Bonchev–Trinajstić information content (AvgIpc) is 2.36. The number of rotatable bonds is 5. The molecule has 8 heteroatoms. The van der Waals surface area contributed by atoms with Crippen LogP contribution in [0.25, 0.3) is 0 Å². The van der Waals surface area contributed by atoms with Crippen LogP contribution in [0.15, 0.2) is 18.2 Å². The van der Waals surface area contributed by atoms with E-state index in [1.165, 1.54) is 12.1 Å². The van der Waals surface area contributed by atoms with Crippen molar-refractivity contribution >= 4 is 17.6 Å². The second kappa shape index (κ2) is 5.91. The number of carboxylic acids is 1. The van der Waals surface area contributed by atoms with Gasteiger partial charge >= 0.3 is 11.9 Å². The van der Waals surface area contributed by atoms with E-state index in [9.17, 15) is 19.7 Å². The van der Waals surface area contributed by atoms with E-state index in [4.69, 9.17) is 10.8 Å². The molecule has 1 aromatic carbocycles. The van der Waals surface area contributed by atoms with Crippen LogP contribution >= 0.6 is 0 Å². The molecule has 0 radical (unpaired) electrons. The number of nitrogens with zero attached hydrogens (tertiary/aromatic N) is 1. The molecule has 0 amide bonds. The van der Waals surface area contributed by atoms with E-state index in [0.29, 0.717) is 0 Å². The average molecular weight is 268 g/mol. The lowest BCUT2D eigenvalue weighted by molar-refractivity contribution is -0.385. The fourth-order valence-electron chi connectivity index (χ4n) is 1.56. The van der Waals surface area contributed by atoms with E-state index in [0.717, 1.165) is 13.2 Å². The lowest BCUT2D eigenvalue weighted by atomic mass is 10.0. The Balaban J connectivity index is 3.22. The molecule has 0 aliphatic heterocycles. The number of hydrogen-bond acceptors (Lipinski definition) is 6. The van der Waals surface area contributed by atoms with Crippen LogP contribution in [0.2, 0.25) is 0 Å². The summed E-state index contributed by atoms with van der Waals surface area (Å²) in [6.07, 6.45) is -0.446. The third-order valence-electron chi connectivity index (χ3n) is 2.44. The number of carboxylic acid groups (broad SMARTS) is 1. The largest absolute Gasteiger partial charge is 0.481 e. The maximum Gasteiger partial charge on any atom is 0.338 e. The molecule has 0 saturated carbocycles. The first kappa shape index (κ1) is 14.6. The zero-order valence-electron chi connectivity index (χ0n) is 10.0. The Labute approximate surface area is 107 Å². The molecule has 1 unspecified atom stereocenters. The van der Waals surface area contributed by atoms with Crippen LogP contribution in [0, 0.1) is 10.1 Å². The number of hydrogen-bond donors (Lipinski definition) is 2. The molecule has 1 aromatic rings. The second-order valence-corrected chi connectivity index (χ2v) is 3.73. The number of carbonyl (C=O) groups is 2. The van der Waals surface area contributed by atoms with E-state index in [-0.39, 0.29) is 11.1 Å². The van der Waals surface area contributed by atoms with Gasteiger partial charge in [-0.2, -0.15) is 0 Å². The number of benzene rings is 1. The Kier molecular flexibility index (Phi) is 4.54. The molecule has 1 atom stereocenters. The van der Waals surface area contributed by atoms with E-state index >= 15 is 0 Å². The minimum absolute atomic E-state index is 0.000440. The van der Waals surface area contributed by atoms with E-state index in [1.807, 2.05) is 0 Å². The highest BCUT2D eigenvalue weighted by Gasteiger charge is 2.23. The molecule has 0 heterocycles. The van der Waals surface area contributed by atoms with Crippen molar-refractivity contribution in [3.05, 3.63) is 39.4 Å². The second-order valence-electron chi connectivity index (χ2n) is 3.73. The number of esters is 1. The van der Waals surface area contributed by atoms with Gasteiger partial charge in [0.1, 0.15) is 0 Å². The van der Waals surface area contributed by atoms with Crippen LogP contribution < -0.4 is 5.73 Å².